The third kappa shape index (κ3) is 3.59. The molecule has 3 heteroatoms. The minimum absolute atomic E-state index is 0.427. The van der Waals surface area contributed by atoms with Crippen LogP contribution in [0.15, 0.2) is 4.99 Å². The number of rotatable bonds is 2. The second-order valence-corrected chi connectivity index (χ2v) is 0.803. The second kappa shape index (κ2) is 4.59. The van der Waals surface area contributed by atoms with E-state index in [1.165, 1.54) is 0 Å². The standard InChI is InChI=1S/C3H8N2O/c1-4-2-3-5-6/h2,5-6H,3H2,1H3. The minimum Gasteiger partial charge on any atom is -0.316 e. The van der Waals surface area contributed by atoms with Crippen LogP contribution in [0, 0.1) is 0 Å². The third-order valence-corrected chi connectivity index (χ3v) is 0.365. The van der Waals surface area contributed by atoms with E-state index in [0.29, 0.717) is 6.54 Å². The monoisotopic (exact) mass is 88.1 g/mol. The molecule has 0 amide bonds. The highest BCUT2D eigenvalue weighted by Gasteiger charge is 1.63. The highest BCUT2D eigenvalue weighted by atomic mass is 16.5. The molecule has 0 rings (SSSR count). The molecule has 0 radical (unpaired) electrons. The van der Waals surface area contributed by atoms with Crippen molar-refractivity contribution in [1.82, 2.24) is 5.48 Å². The molecule has 36 valence electrons. The van der Waals surface area contributed by atoms with E-state index in [9.17, 15) is 0 Å². The van der Waals surface area contributed by atoms with E-state index in [-0.39, 0.29) is 0 Å². The van der Waals surface area contributed by atoms with Gasteiger partial charge in [0.2, 0.25) is 0 Å². The predicted molar refractivity (Wildman–Crippen MR) is 24.2 cm³/mol. The van der Waals surface area contributed by atoms with Gasteiger partial charge in [0.1, 0.15) is 0 Å². The van der Waals surface area contributed by atoms with Gasteiger partial charge in [0.15, 0.2) is 0 Å². The number of nitrogens with zero attached hydrogens (tertiary/aromatic N) is 1. The van der Waals surface area contributed by atoms with Gasteiger partial charge in [0.05, 0.1) is 6.54 Å². The maximum Gasteiger partial charge on any atom is 0.0557 e. The smallest absolute Gasteiger partial charge is 0.0557 e. The third-order valence-electron chi connectivity index (χ3n) is 0.365. The zero-order valence-electron chi connectivity index (χ0n) is 3.68. The first-order valence-corrected chi connectivity index (χ1v) is 1.69. The van der Waals surface area contributed by atoms with Crippen molar-refractivity contribution in [2.45, 2.75) is 0 Å². The van der Waals surface area contributed by atoms with Crippen molar-refractivity contribution >= 4 is 6.21 Å². The molecule has 0 aromatic heterocycles. The SMILES string of the molecule is CN=CCNO. The summed E-state index contributed by atoms with van der Waals surface area (Å²) in [5.74, 6) is 0. The molecule has 6 heavy (non-hydrogen) atoms. The van der Waals surface area contributed by atoms with Crippen LogP contribution in [0.4, 0.5) is 0 Å². The van der Waals surface area contributed by atoms with Crippen molar-refractivity contribution in [2.75, 3.05) is 13.6 Å². The number of hydrogen-bond acceptors (Lipinski definition) is 3. The molecule has 0 aromatic rings. The van der Waals surface area contributed by atoms with E-state index in [4.69, 9.17) is 5.21 Å². The predicted octanol–water partition coefficient (Wildman–Crippen LogP) is -0.334. The Kier molecular flexibility index (Phi) is 4.28. The van der Waals surface area contributed by atoms with E-state index in [1.807, 2.05) is 5.48 Å². The Morgan fingerprint density at radius 3 is 2.83 bits per heavy atom. The number of aliphatic imine (C=N–C) groups is 1. The van der Waals surface area contributed by atoms with Gasteiger partial charge < -0.3 is 5.21 Å². The summed E-state index contributed by atoms with van der Waals surface area (Å²) in [5.41, 5.74) is 1.92. The first kappa shape index (κ1) is 5.59. The van der Waals surface area contributed by atoms with Gasteiger partial charge in [-0.3, -0.25) is 4.99 Å². The van der Waals surface area contributed by atoms with E-state index in [0.717, 1.165) is 0 Å². The Bertz CT molecular complexity index is 44.1. The molecule has 0 aromatic carbocycles. The van der Waals surface area contributed by atoms with Gasteiger partial charge in [0.25, 0.3) is 0 Å². The molecule has 0 saturated carbocycles. The number of nitrogens with one attached hydrogen (secondary N) is 1. The van der Waals surface area contributed by atoms with Gasteiger partial charge in [0, 0.05) is 13.3 Å². The zero-order valence-corrected chi connectivity index (χ0v) is 3.68. The van der Waals surface area contributed by atoms with Crippen LogP contribution in [-0.2, 0) is 0 Å². The zero-order chi connectivity index (χ0) is 4.83. The molecular weight excluding hydrogens is 80.0 g/mol. The Morgan fingerprint density at radius 2 is 2.67 bits per heavy atom. The van der Waals surface area contributed by atoms with Crippen molar-refractivity contribution in [3.05, 3.63) is 0 Å². The summed E-state index contributed by atoms with van der Waals surface area (Å²) in [6, 6.07) is 0. The summed E-state index contributed by atoms with van der Waals surface area (Å²) in [6.07, 6.45) is 1.57. The highest BCUT2D eigenvalue weighted by Crippen LogP contribution is 1.45. The second-order valence-electron chi connectivity index (χ2n) is 0.803. The molecule has 0 spiro atoms. The lowest BCUT2D eigenvalue weighted by Crippen LogP contribution is -2.08. The van der Waals surface area contributed by atoms with Crippen LogP contribution in [0.25, 0.3) is 0 Å². The Labute approximate surface area is 36.7 Å². The van der Waals surface area contributed by atoms with Crippen LogP contribution in [0.3, 0.4) is 0 Å². The van der Waals surface area contributed by atoms with Crippen molar-refractivity contribution in [3.8, 4) is 0 Å². The van der Waals surface area contributed by atoms with Gasteiger partial charge in [-0.05, 0) is 0 Å². The van der Waals surface area contributed by atoms with Crippen LogP contribution in [0.1, 0.15) is 0 Å². The summed E-state index contributed by atoms with van der Waals surface area (Å²) in [4.78, 5) is 3.58. The van der Waals surface area contributed by atoms with Crippen molar-refractivity contribution in [1.29, 1.82) is 0 Å². The molecule has 0 aliphatic rings. The lowest BCUT2D eigenvalue weighted by Gasteiger charge is -1.80. The Balaban J connectivity index is 2.66. The van der Waals surface area contributed by atoms with E-state index in [2.05, 4.69) is 4.99 Å². The highest BCUT2D eigenvalue weighted by molar-refractivity contribution is 5.58. The molecular formula is C3H8N2O. The molecule has 3 nitrogen and oxygen atoms in total. The minimum atomic E-state index is 0.427. The van der Waals surface area contributed by atoms with Crippen LogP contribution in [0.2, 0.25) is 0 Å². The average molecular weight is 88.1 g/mol. The van der Waals surface area contributed by atoms with Gasteiger partial charge in [-0.25, -0.2) is 5.48 Å². The molecule has 0 unspecified atom stereocenters. The largest absolute Gasteiger partial charge is 0.316 e. The summed E-state index contributed by atoms with van der Waals surface area (Å²) in [5, 5.41) is 7.86. The van der Waals surface area contributed by atoms with Gasteiger partial charge in [-0.15, -0.1) is 0 Å². The fourth-order valence-electron chi connectivity index (χ4n) is 0.132. The summed E-state index contributed by atoms with van der Waals surface area (Å²) in [6.45, 7) is 0.427. The first-order valence-electron chi connectivity index (χ1n) is 1.69. The topological polar surface area (TPSA) is 44.6 Å². The fraction of sp³-hybridized carbons (Fsp3) is 0.667. The van der Waals surface area contributed by atoms with Crippen LogP contribution in [0.5, 0.6) is 0 Å². The van der Waals surface area contributed by atoms with Crippen molar-refractivity contribution < 1.29 is 5.21 Å². The van der Waals surface area contributed by atoms with Crippen molar-refractivity contribution in [3.63, 3.8) is 0 Å². The average Bonchev–Trinajstić information content (AvgIpc) is 1.61. The molecule has 0 aliphatic carbocycles. The van der Waals surface area contributed by atoms with Gasteiger partial charge in [-0.1, -0.05) is 0 Å². The summed E-state index contributed by atoms with van der Waals surface area (Å²) >= 11 is 0. The van der Waals surface area contributed by atoms with Gasteiger partial charge in [-0.2, -0.15) is 0 Å². The molecule has 2 N–H and O–H groups in total. The van der Waals surface area contributed by atoms with E-state index in [1.54, 1.807) is 13.3 Å². The Morgan fingerprint density at radius 1 is 2.00 bits per heavy atom. The lowest BCUT2D eigenvalue weighted by atomic mass is 10.7. The molecule has 0 bridgehead atoms. The van der Waals surface area contributed by atoms with Gasteiger partial charge >= 0.3 is 0 Å². The molecule has 0 saturated heterocycles. The summed E-state index contributed by atoms with van der Waals surface area (Å²) in [7, 11) is 1.65. The maximum absolute atomic E-state index is 7.86. The van der Waals surface area contributed by atoms with Crippen LogP contribution in [-0.4, -0.2) is 25.0 Å². The number of hydrogen-bond donors (Lipinski definition) is 2. The van der Waals surface area contributed by atoms with Crippen molar-refractivity contribution in [2.24, 2.45) is 4.99 Å². The summed E-state index contributed by atoms with van der Waals surface area (Å²) < 4.78 is 0. The quantitative estimate of drug-likeness (QED) is 0.358. The fourth-order valence-corrected chi connectivity index (χ4v) is 0.132. The van der Waals surface area contributed by atoms with E-state index >= 15 is 0 Å². The van der Waals surface area contributed by atoms with Crippen LogP contribution < -0.4 is 5.48 Å². The molecule has 0 heterocycles. The molecule has 0 atom stereocenters. The molecule has 0 aliphatic heterocycles. The number of hydroxylamine groups is 1. The first-order chi connectivity index (χ1) is 2.91. The van der Waals surface area contributed by atoms with E-state index < -0.39 is 0 Å². The molecule has 0 fully saturated rings. The Hall–Kier alpha value is -0.410. The lowest BCUT2D eigenvalue weighted by molar-refractivity contribution is 0.184. The van der Waals surface area contributed by atoms with Crippen LogP contribution >= 0.6 is 0 Å². The normalized spacial score (nSPS) is 10.3. The maximum atomic E-state index is 7.86.